The number of guanidine groups is 1. The summed E-state index contributed by atoms with van der Waals surface area (Å²) in [5, 5.41) is 11.3. The molecule has 1 atom stereocenters. The van der Waals surface area contributed by atoms with Crippen LogP contribution in [0.15, 0.2) is 33.8 Å². The molecule has 8 nitrogen and oxygen atoms in total. The molecule has 2 fully saturated rings. The Morgan fingerprint density at radius 2 is 2.00 bits per heavy atom. The molecular weight excluding hydrogens is 416 g/mol. The Balaban J connectivity index is 1.26. The fourth-order valence-electron chi connectivity index (χ4n) is 4.28. The zero-order valence-electron chi connectivity index (χ0n) is 17.8. The number of hydrogen-bond donors (Lipinski definition) is 2. The second kappa shape index (κ2) is 10.1. The lowest BCUT2D eigenvalue weighted by Gasteiger charge is -2.26. The van der Waals surface area contributed by atoms with Crippen molar-refractivity contribution in [3.05, 3.63) is 35.2 Å². The average Bonchev–Trinajstić information content (AvgIpc) is 3.47. The summed E-state index contributed by atoms with van der Waals surface area (Å²) >= 11 is 5.92. The van der Waals surface area contributed by atoms with E-state index in [2.05, 4.69) is 25.8 Å². The van der Waals surface area contributed by atoms with Gasteiger partial charge in [-0.05, 0) is 43.5 Å². The van der Waals surface area contributed by atoms with E-state index in [0.29, 0.717) is 35.1 Å². The summed E-state index contributed by atoms with van der Waals surface area (Å²) in [4.78, 5) is 23.5. The number of aromatic nitrogens is 2. The minimum Gasteiger partial charge on any atom is -0.352 e. The molecule has 1 unspecified atom stereocenters. The first-order chi connectivity index (χ1) is 15.1. The number of likely N-dealkylation sites (tertiary alicyclic amines) is 1. The van der Waals surface area contributed by atoms with Gasteiger partial charge < -0.3 is 20.1 Å². The Hall–Kier alpha value is -2.61. The minimum absolute atomic E-state index is 0.186. The van der Waals surface area contributed by atoms with Crippen LogP contribution in [0.25, 0.3) is 11.4 Å². The van der Waals surface area contributed by atoms with Gasteiger partial charge in [0, 0.05) is 42.7 Å². The number of halogens is 1. The number of amides is 1. The van der Waals surface area contributed by atoms with E-state index in [9.17, 15) is 4.79 Å². The summed E-state index contributed by atoms with van der Waals surface area (Å²) < 4.78 is 5.34. The smallest absolute Gasteiger partial charge is 0.246 e. The minimum atomic E-state index is 0.186. The highest BCUT2D eigenvalue weighted by molar-refractivity contribution is 6.30. The van der Waals surface area contributed by atoms with E-state index in [1.54, 1.807) is 19.2 Å². The van der Waals surface area contributed by atoms with Gasteiger partial charge >= 0.3 is 0 Å². The van der Waals surface area contributed by atoms with Crippen LogP contribution in [-0.4, -0.2) is 53.1 Å². The molecule has 1 amide bonds. The second-order valence-electron chi connectivity index (χ2n) is 8.19. The number of nitrogens with zero attached hydrogens (tertiary/aromatic N) is 4. The highest BCUT2D eigenvalue weighted by Crippen LogP contribution is 2.26. The summed E-state index contributed by atoms with van der Waals surface area (Å²) in [7, 11) is 1.72. The highest BCUT2D eigenvalue weighted by Gasteiger charge is 2.31. The summed E-state index contributed by atoms with van der Waals surface area (Å²) in [5.74, 6) is 2.19. The van der Waals surface area contributed by atoms with Gasteiger partial charge in [-0.25, -0.2) is 0 Å². The Morgan fingerprint density at radius 3 is 2.74 bits per heavy atom. The molecule has 2 aliphatic rings. The molecular formula is C22H29ClN6O2. The third kappa shape index (κ3) is 5.55. The molecule has 1 aromatic heterocycles. The number of carbonyl (C=O) groups is 1. The highest BCUT2D eigenvalue weighted by atomic mass is 35.5. The van der Waals surface area contributed by atoms with E-state index in [-0.39, 0.29) is 12.0 Å². The number of benzene rings is 1. The van der Waals surface area contributed by atoms with Crippen molar-refractivity contribution in [3.8, 4) is 11.4 Å². The van der Waals surface area contributed by atoms with E-state index < -0.39 is 0 Å². The van der Waals surface area contributed by atoms with Gasteiger partial charge in [0.25, 0.3) is 0 Å². The SMILES string of the molecule is CN=C(NCc1nc(-c2ccc(Cl)cc2)no1)NC1CCN(C(=O)C2CCCCC2)C1. The van der Waals surface area contributed by atoms with Crippen molar-refractivity contribution >= 4 is 23.5 Å². The molecule has 0 spiro atoms. The molecule has 1 saturated carbocycles. The number of rotatable bonds is 5. The standard InChI is InChI=1S/C22H29ClN6O2/c1-24-22(25-13-19-27-20(28-31-19)15-7-9-17(23)10-8-15)26-18-11-12-29(14-18)21(30)16-5-3-2-4-6-16/h7-10,16,18H,2-6,11-14H2,1H3,(H2,24,25,26). The molecule has 1 aromatic carbocycles. The molecule has 1 saturated heterocycles. The van der Waals surface area contributed by atoms with E-state index in [1.165, 1.54) is 19.3 Å². The van der Waals surface area contributed by atoms with Crippen molar-refractivity contribution in [1.82, 2.24) is 25.7 Å². The number of nitrogens with one attached hydrogen (secondary N) is 2. The van der Waals surface area contributed by atoms with Crippen LogP contribution in [0.3, 0.4) is 0 Å². The van der Waals surface area contributed by atoms with Crippen molar-refractivity contribution in [2.75, 3.05) is 20.1 Å². The van der Waals surface area contributed by atoms with Gasteiger partial charge in [0.15, 0.2) is 5.96 Å². The molecule has 1 aliphatic heterocycles. The second-order valence-corrected chi connectivity index (χ2v) is 8.63. The summed E-state index contributed by atoms with van der Waals surface area (Å²) in [6.07, 6.45) is 6.62. The average molecular weight is 445 g/mol. The largest absolute Gasteiger partial charge is 0.352 e. The van der Waals surface area contributed by atoms with Gasteiger partial charge in [-0.15, -0.1) is 0 Å². The van der Waals surface area contributed by atoms with Crippen molar-refractivity contribution in [2.45, 2.75) is 51.1 Å². The third-order valence-electron chi connectivity index (χ3n) is 6.00. The molecule has 31 heavy (non-hydrogen) atoms. The van der Waals surface area contributed by atoms with Gasteiger partial charge in [-0.1, -0.05) is 36.0 Å². The molecule has 9 heteroatoms. The van der Waals surface area contributed by atoms with Gasteiger partial charge in [0.05, 0.1) is 6.54 Å². The van der Waals surface area contributed by atoms with Crippen molar-refractivity contribution in [3.63, 3.8) is 0 Å². The zero-order chi connectivity index (χ0) is 21.6. The van der Waals surface area contributed by atoms with Gasteiger partial charge in [0.1, 0.15) is 0 Å². The maximum atomic E-state index is 12.8. The third-order valence-corrected chi connectivity index (χ3v) is 6.25. The number of aliphatic imine (C=N–C) groups is 1. The van der Waals surface area contributed by atoms with Crippen LogP contribution in [0.4, 0.5) is 0 Å². The van der Waals surface area contributed by atoms with Gasteiger partial charge in [-0.2, -0.15) is 4.98 Å². The van der Waals surface area contributed by atoms with Gasteiger partial charge in [0.2, 0.25) is 17.6 Å². The predicted molar refractivity (Wildman–Crippen MR) is 120 cm³/mol. The van der Waals surface area contributed by atoms with E-state index in [1.807, 2.05) is 17.0 Å². The topological polar surface area (TPSA) is 95.7 Å². The van der Waals surface area contributed by atoms with Crippen LogP contribution in [0.5, 0.6) is 0 Å². The Labute approximate surface area is 187 Å². The first-order valence-corrected chi connectivity index (χ1v) is 11.3. The first kappa shape index (κ1) is 21.6. The fraction of sp³-hybridized carbons (Fsp3) is 0.545. The maximum absolute atomic E-state index is 12.8. The van der Waals surface area contributed by atoms with Crippen LogP contribution in [-0.2, 0) is 11.3 Å². The van der Waals surface area contributed by atoms with Crippen LogP contribution in [0, 0.1) is 5.92 Å². The molecule has 2 aromatic rings. The van der Waals surface area contributed by atoms with E-state index in [4.69, 9.17) is 16.1 Å². The van der Waals surface area contributed by atoms with Crippen molar-refractivity contribution in [1.29, 1.82) is 0 Å². The van der Waals surface area contributed by atoms with Crippen molar-refractivity contribution < 1.29 is 9.32 Å². The maximum Gasteiger partial charge on any atom is 0.246 e. The summed E-state index contributed by atoms with van der Waals surface area (Å²) in [6, 6.07) is 7.48. The summed E-state index contributed by atoms with van der Waals surface area (Å²) in [6.45, 7) is 1.88. The quantitative estimate of drug-likeness (QED) is 0.543. The fourth-order valence-corrected chi connectivity index (χ4v) is 4.40. The molecule has 0 radical (unpaired) electrons. The number of hydrogen-bond acceptors (Lipinski definition) is 5. The van der Waals surface area contributed by atoms with Crippen LogP contribution >= 0.6 is 11.6 Å². The zero-order valence-corrected chi connectivity index (χ0v) is 18.6. The molecule has 1 aliphatic carbocycles. The molecule has 4 rings (SSSR count). The van der Waals surface area contributed by atoms with Crippen LogP contribution in [0.1, 0.15) is 44.4 Å². The normalized spacial score (nSPS) is 20.1. The molecule has 2 heterocycles. The monoisotopic (exact) mass is 444 g/mol. The molecule has 166 valence electrons. The Morgan fingerprint density at radius 1 is 1.23 bits per heavy atom. The predicted octanol–water partition coefficient (Wildman–Crippen LogP) is 3.24. The van der Waals surface area contributed by atoms with Crippen LogP contribution < -0.4 is 10.6 Å². The molecule has 0 bridgehead atoms. The Kier molecular flexibility index (Phi) is 7.06. The summed E-state index contributed by atoms with van der Waals surface area (Å²) in [5.41, 5.74) is 0.843. The van der Waals surface area contributed by atoms with E-state index in [0.717, 1.165) is 37.9 Å². The van der Waals surface area contributed by atoms with Crippen LogP contribution in [0.2, 0.25) is 5.02 Å². The lowest BCUT2D eigenvalue weighted by atomic mass is 9.88. The lowest BCUT2D eigenvalue weighted by Crippen LogP contribution is -2.45. The van der Waals surface area contributed by atoms with Crippen molar-refractivity contribution in [2.24, 2.45) is 10.9 Å². The van der Waals surface area contributed by atoms with E-state index >= 15 is 0 Å². The Bertz CT molecular complexity index is 907. The molecule has 2 N–H and O–H groups in total. The lowest BCUT2D eigenvalue weighted by molar-refractivity contribution is -0.135. The van der Waals surface area contributed by atoms with Gasteiger partial charge in [-0.3, -0.25) is 9.79 Å². The number of carbonyl (C=O) groups excluding carboxylic acids is 1. The first-order valence-electron chi connectivity index (χ1n) is 11.0.